The van der Waals surface area contributed by atoms with E-state index in [0.717, 1.165) is 34.9 Å². The van der Waals surface area contributed by atoms with E-state index in [1.165, 1.54) is 0 Å². The van der Waals surface area contributed by atoms with Crippen LogP contribution in [0.1, 0.15) is 11.1 Å². The van der Waals surface area contributed by atoms with Crippen LogP contribution in [-0.4, -0.2) is 31.8 Å². The maximum atomic E-state index is 13.2. The summed E-state index contributed by atoms with van der Waals surface area (Å²) in [5.74, 6) is -0.596. The molecule has 0 aliphatic rings. The highest BCUT2D eigenvalue weighted by molar-refractivity contribution is 7.81. The van der Waals surface area contributed by atoms with Crippen LogP contribution in [0.15, 0.2) is 97.1 Å². The monoisotopic (exact) mass is 609 g/mol. The van der Waals surface area contributed by atoms with Crippen molar-refractivity contribution in [3.05, 3.63) is 123 Å². The fraction of sp³-hybridized carbons (Fsp3) is 0.103. The van der Waals surface area contributed by atoms with E-state index in [9.17, 15) is 28.5 Å². The molecule has 0 fully saturated rings. The second kappa shape index (κ2) is 13.7. The normalized spacial score (nSPS) is 12.1. The molecule has 3 N–H and O–H groups in total. The number of carbonyl (C=O) groups is 2. The molecule has 0 aromatic heterocycles. The summed E-state index contributed by atoms with van der Waals surface area (Å²) >= 11 is 2.84. The molecule has 1 unspecified atom stereocenters. The number of nitrogens with zero attached hydrogens (tertiary/aromatic N) is 2. The fourth-order valence-corrected chi connectivity index (χ4v) is 4.79. The van der Waals surface area contributed by atoms with E-state index in [1.54, 1.807) is 24.3 Å². The van der Waals surface area contributed by atoms with Crippen LogP contribution in [-0.2, 0) is 33.8 Å². The summed E-state index contributed by atoms with van der Waals surface area (Å²) in [6.45, 7) is 0.310. The van der Waals surface area contributed by atoms with Gasteiger partial charge in [0.15, 0.2) is 6.10 Å². The van der Waals surface area contributed by atoms with Crippen molar-refractivity contribution in [2.45, 2.75) is 19.1 Å². The van der Waals surface area contributed by atoms with Gasteiger partial charge in [0.25, 0.3) is 22.9 Å². The second-order valence-electron chi connectivity index (χ2n) is 8.88. The molecule has 0 heterocycles. The number of primary amides is 1. The van der Waals surface area contributed by atoms with Crippen LogP contribution in [0.25, 0.3) is 11.1 Å². The lowest BCUT2D eigenvalue weighted by molar-refractivity contribution is -0.384. The van der Waals surface area contributed by atoms with Gasteiger partial charge < -0.3 is 15.2 Å². The number of hydrogen-bond acceptors (Lipinski definition) is 7. The minimum Gasteiger partial charge on any atom is -0.489 e. The van der Waals surface area contributed by atoms with E-state index < -0.39 is 40.0 Å². The molecule has 4 aromatic carbocycles. The van der Waals surface area contributed by atoms with Gasteiger partial charge in [-0.2, -0.15) is 0 Å². The molecular formula is C29H24ClN3O8S. The lowest BCUT2D eigenvalue weighted by Crippen LogP contribution is -2.44. The zero-order valence-corrected chi connectivity index (χ0v) is 23.4. The number of amides is 2. The molecule has 11 nitrogen and oxygen atoms in total. The van der Waals surface area contributed by atoms with Gasteiger partial charge in [-0.3, -0.25) is 19.5 Å². The van der Waals surface area contributed by atoms with Gasteiger partial charge in [0.2, 0.25) is 0 Å². The van der Waals surface area contributed by atoms with Crippen molar-refractivity contribution in [3.8, 4) is 16.9 Å². The Balaban J connectivity index is 1.45. The highest BCUT2D eigenvalue weighted by Crippen LogP contribution is 2.31. The Morgan fingerprint density at radius 3 is 2.17 bits per heavy atom. The van der Waals surface area contributed by atoms with Crippen LogP contribution in [0.2, 0.25) is 5.02 Å². The van der Waals surface area contributed by atoms with Gasteiger partial charge in [-0.15, -0.1) is 0 Å². The van der Waals surface area contributed by atoms with Gasteiger partial charge in [-0.25, -0.2) is 13.3 Å². The average Bonchev–Trinajstić information content (AvgIpc) is 2.97. The van der Waals surface area contributed by atoms with Crippen molar-refractivity contribution in [2.24, 2.45) is 5.73 Å². The third kappa shape index (κ3) is 7.69. The highest BCUT2D eigenvalue weighted by atomic mass is 35.5. The van der Waals surface area contributed by atoms with Gasteiger partial charge in [0.05, 0.1) is 10.6 Å². The van der Waals surface area contributed by atoms with Crippen molar-refractivity contribution in [1.29, 1.82) is 0 Å². The first kappa shape index (κ1) is 30.2. The average molecular weight is 610 g/mol. The summed E-state index contributed by atoms with van der Waals surface area (Å²) in [5.41, 5.74) is 7.92. The molecule has 0 radical (unpaired) electrons. The highest BCUT2D eigenvalue weighted by Gasteiger charge is 2.33. The molecule has 0 saturated carbocycles. The molecule has 0 spiro atoms. The first-order valence-corrected chi connectivity index (χ1v) is 13.8. The second-order valence-corrected chi connectivity index (χ2v) is 10.1. The van der Waals surface area contributed by atoms with Crippen molar-refractivity contribution in [3.63, 3.8) is 0 Å². The Hall–Kier alpha value is -4.78. The van der Waals surface area contributed by atoms with E-state index in [1.807, 2.05) is 54.6 Å². The number of benzene rings is 4. The first-order chi connectivity index (χ1) is 20.1. The van der Waals surface area contributed by atoms with Crippen molar-refractivity contribution < 1.29 is 32.7 Å². The largest absolute Gasteiger partial charge is 0.489 e. The molecule has 216 valence electrons. The SMILES string of the molecule is NC(=O)O[C@@H](Cc1ccc(OCc2ccc(-c3ccccc3)cc2)cc1)C(=O)N(c1ccc(Cl)c([N+](=O)[O-])c1)S(=O)O. The zero-order valence-electron chi connectivity index (χ0n) is 21.8. The van der Waals surface area contributed by atoms with Crippen molar-refractivity contribution in [1.82, 2.24) is 0 Å². The number of hydrogen-bond donors (Lipinski definition) is 2. The number of halogens is 1. The van der Waals surface area contributed by atoms with Crippen molar-refractivity contribution >= 4 is 46.2 Å². The Morgan fingerprint density at radius 1 is 0.952 bits per heavy atom. The van der Waals surface area contributed by atoms with Gasteiger partial charge in [-0.05, 0) is 46.5 Å². The fourth-order valence-electron chi connectivity index (χ4n) is 4.04. The Morgan fingerprint density at radius 2 is 1.57 bits per heavy atom. The lowest BCUT2D eigenvalue weighted by Gasteiger charge is -2.23. The molecule has 0 aliphatic heterocycles. The first-order valence-electron chi connectivity index (χ1n) is 12.3. The minimum absolute atomic E-state index is 0.216. The molecule has 0 bridgehead atoms. The number of rotatable bonds is 11. The Kier molecular flexibility index (Phi) is 9.86. The molecule has 4 rings (SSSR count). The topological polar surface area (TPSA) is 162 Å². The van der Waals surface area contributed by atoms with Crippen LogP contribution in [0.5, 0.6) is 5.75 Å². The summed E-state index contributed by atoms with van der Waals surface area (Å²) in [5, 5.41) is 11.0. The molecule has 2 atom stereocenters. The van der Waals surface area contributed by atoms with E-state index >= 15 is 0 Å². The van der Waals surface area contributed by atoms with E-state index in [4.69, 9.17) is 26.8 Å². The van der Waals surface area contributed by atoms with Gasteiger partial charge in [0.1, 0.15) is 17.4 Å². The Labute approximate surface area is 248 Å². The molecule has 0 saturated heterocycles. The maximum Gasteiger partial charge on any atom is 0.405 e. The molecule has 2 amide bonds. The van der Waals surface area contributed by atoms with Crippen LogP contribution < -0.4 is 14.8 Å². The van der Waals surface area contributed by atoms with Gasteiger partial charge >= 0.3 is 6.09 Å². The van der Waals surface area contributed by atoms with Crippen LogP contribution in [0, 0.1) is 10.1 Å². The third-order valence-corrected chi connectivity index (χ3v) is 7.08. The number of nitro benzene ring substituents is 1. The molecule has 13 heteroatoms. The van der Waals surface area contributed by atoms with Crippen LogP contribution in [0.4, 0.5) is 16.2 Å². The predicted molar refractivity (Wildman–Crippen MR) is 157 cm³/mol. The third-order valence-electron chi connectivity index (χ3n) is 6.06. The molecule has 42 heavy (non-hydrogen) atoms. The van der Waals surface area contributed by atoms with Gasteiger partial charge in [-0.1, -0.05) is 78.3 Å². The summed E-state index contributed by atoms with van der Waals surface area (Å²) in [4.78, 5) is 35.3. The molecular weight excluding hydrogens is 586 g/mol. The van der Waals surface area contributed by atoms with E-state index in [2.05, 4.69) is 0 Å². The minimum atomic E-state index is -2.98. The van der Waals surface area contributed by atoms with Crippen LogP contribution >= 0.6 is 11.6 Å². The number of carbonyl (C=O) groups excluding carboxylic acids is 2. The van der Waals surface area contributed by atoms with Gasteiger partial charge in [0, 0.05) is 12.5 Å². The molecule has 4 aromatic rings. The number of ether oxygens (including phenoxy) is 2. The molecule has 0 aliphatic carbocycles. The van der Waals surface area contributed by atoms with E-state index in [-0.39, 0.29) is 17.1 Å². The van der Waals surface area contributed by atoms with E-state index in [0.29, 0.717) is 22.2 Å². The standard InChI is InChI=1S/C29H24ClN3O8S/c30-25-15-12-23(17-26(25)33(36)37)32(42(38)39)28(34)27(41-29(31)35)16-19-8-13-24(14-9-19)40-18-20-6-10-22(11-7-20)21-4-2-1-3-5-21/h1-15,17,27H,16,18H2,(H2,31,35)(H,38,39)/t27-/m0/s1. The number of nitrogens with two attached hydrogens (primary N) is 1. The van der Waals surface area contributed by atoms with Crippen molar-refractivity contribution in [2.75, 3.05) is 4.31 Å². The quantitative estimate of drug-likeness (QED) is 0.125. The Bertz CT molecular complexity index is 1600. The number of nitro groups is 1. The van der Waals surface area contributed by atoms with Crippen LogP contribution in [0.3, 0.4) is 0 Å². The summed E-state index contributed by atoms with van der Waals surface area (Å²) in [6, 6.07) is 27.6. The summed E-state index contributed by atoms with van der Waals surface area (Å²) < 4.78 is 33.1. The summed E-state index contributed by atoms with van der Waals surface area (Å²) in [7, 11) is 0. The number of anilines is 1. The predicted octanol–water partition coefficient (Wildman–Crippen LogP) is 5.67. The zero-order chi connectivity index (χ0) is 30.2. The maximum absolute atomic E-state index is 13.2. The lowest BCUT2D eigenvalue weighted by atomic mass is 10.0. The summed E-state index contributed by atoms with van der Waals surface area (Å²) in [6.07, 6.45) is -3.13. The smallest absolute Gasteiger partial charge is 0.405 e.